The molecule has 110 valence electrons. The van der Waals surface area contributed by atoms with Crippen LogP contribution in [-0.2, 0) is 0 Å². The molecule has 1 unspecified atom stereocenters. The van der Waals surface area contributed by atoms with Crippen LogP contribution in [0.3, 0.4) is 0 Å². The number of likely N-dealkylation sites (tertiary alicyclic amines) is 1. The van der Waals surface area contributed by atoms with E-state index in [0.717, 1.165) is 32.4 Å². The second kappa shape index (κ2) is 7.91. The van der Waals surface area contributed by atoms with E-state index in [9.17, 15) is 9.90 Å². The van der Waals surface area contributed by atoms with Crippen molar-refractivity contribution in [2.45, 2.75) is 31.7 Å². The lowest BCUT2D eigenvalue weighted by atomic mass is 10.2. The Balaban J connectivity index is 1.59. The Labute approximate surface area is 119 Å². The molecule has 20 heavy (non-hydrogen) atoms. The molecule has 1 aliphatic heterocycles. The van der Waals surface area contributed by atoms with Gasteiger partial charge in [0.15, 0.2) is 0 Å². The summed E-state index contributed by atoms with van der Waals surface area (Å²) in [4.78, 5) is 14.1. The van der Waals surface area contributed by atoms with E-state index in [1.54, 1.807) is 6.07 Å². The average Bonchev–Trinajstić information content (AvgIpc) is 2.95. The number of carbonyl (C=O) groups is 1. The second-order valence-corrected chi connectivity index (χ2v) is 5.11. The number of nitrogens with one attached hydrogen (secondary N) is 1. The maximum atomic E-state index is 11.7. The Morgan fingerprint density at radius 1 is 1.45 bits per heavy atom. The Kier molecular flexibility index (Phi) is 5.88. The van der Waals surface area contributed by atoms with Gasteiger partial charge in [0.1, 0.15) is 0 Å². The summed E-state index contributed by atoms with van der Waals surface area (Å²) in [5, 5.41) is 19.4. The molecule has 0 spiro atoms. The van der Waals surface area contributed by atoms with Crippen LogP contribution in [0.25, 0.3) is 0 Å². The van der Waals surface area contributed by atoms with Crippen molar-refractivity contribution in [1.82, 2.24) is 20.4 Å². The van der Waals surface area contributed by atoms with Gasteiger partial charge in [-0.1, -0.05) is 0 Å². The molecule has 0 saturated carbocycles. The molecule has 0 aliphatic carbocycles. The van der Waals surface area contributed by atoms with Crippen LogP contribution in [0, 0.1) is 0 Å². The molecule has 0 bridgehead atoms. The number of unbranched alkanes of at least 4 members (excludes halogenated alkanes) is 1. The largest absolute Gasteiger partial charge is 0.395 e. The van der Waals surface area contributed by atoms with Gasteiger partial charge in [0.25, 0.3) is 5.91 Å². The molecule has 6 heteroatoms. The van der Waals surface area contributed by atoms with E-state index in [1.807, 2.05) is 0 Å². The zero-order valence-electron chi connectivity index (χ0n) is 11.7. The molecule has 1 amide bonds. The van der Waals surface area contributed by atoms with Gasteiger partial charge in [0, 0.05) is 12.6 Å². The van der Waals surface area contributed by atoms with Crippen LogP contribution < -0.4 is 5.32 Å². The maximum Gasteiger partial charge on any atom is 0.252 e. The number of aliphatic hydroxyl groups excluding tert-OH is 1. The molecule has 1 fully saturated rings. The predicted molar refractivity (Wildman–Crippen MR) is 75.3 cm³/mol. The van der Waals surface area contributed by atoms with Crippen molar-refractivity contribution in [2.24, 2.45) is 0 Å². The molecule has 1 aliphatic rings. The monoisotopic (exact) mass is 278 g/mol. The molecule has 0 radical (unpaired) electrons. The number of carbonyl (C=O) groups excluding carboxylic acids is 1. The summed E-state index contributed by atoms with van der Waals surface area (Å²) in [6.45, 7) is 3.00. The number of rotatable bonds is 7. The van der Waals surface area contributed by atoms with Crippen molar-refractivity contribution in [3.63, 3.8) is 0 Å². The number of hydrogen-bond donors (Lipinski definition) is 2. The van der Waals surface area contributed by atoms with Gasteiger partial charge in [0.2, 0.25) is 0 Å². The van der Waals surface area contributed by atoms with E-state index in [-0.39, 0.29) is 12.5 Å². The molecule has 2 rings (SSSR count). The molecular weight excluding hydrogens is 256 g/mol. The topological polar surface area (TPSA) is 78.4 Å². The highest BCUT2D eigenvalue weighted by Gasteiger charge is 2.22. The number of aromatic nitrogens is 2. The van der Waals surface area contributed by atoms with Gasteiger partial charge in [-0.05, 0) is 44.8 Å². The molecule has 2 N–H and O–H groups in total. The zero-order valence-corrected chi connectivity index (χ0v) is 11.7. The zero-order chi connectivity index (χ0) is 14.2. The molecule has 1 aromatic heterocycles. The molecule has 2 heterocycles. The van der Waals surface area contributed by atoms with Crippen LogP contribution in [0.5, 0.6) is 0 Å². The van der Waals surface area contributed by atoms with Crippen molar-refractivity contribution in [3.05, 3.63) is 24.0 Å². The molecule has 0 aromatic carbocycles. The highest BCUT2D eigenvalue weighted by atomic mass is 16.3. The van der Waals surface area contributed by atoms with Gasteiger partial charge in [0.05, 0.1) is 24.6 Å². The SMILES string of the molecule is O=C(NCCCCN1CCCC1CO)c1ccnnc1. The quantitative estimate of drug-likeness (QED) is 0.708. The van der Waals surface area contributed by atoms with E-state index in [0.29, 0.717) is 18.2 Å². The van der Waals surface area contributed by atoms with Crippen molar-refractivity contribution in [3.8, 4) is 0 Å². The summed E-state index contributed by atoms with van der Waals surface area (Å²) in [6, 6.07) is 1.99. The molecule has 1 saturated heterocycles. The van der Waals surface area contributed by atoms with Gasteiger partial charge in [-0.25, -0.2) is 0 Å². The molecule has 1 atom stereocenters. The second-order valence-electron chi connectivity index (χ2n) is 5.11. The Hall–Kier alpha value is -1.53. The van der Waals surface area contributed by atoms with E-state index in [4.69, 9.17) is 0 Å². The van der Waals surface area contributed by atoms with E-state index >= 15 is 0 Å². The van der Waals surface area contributed by atoms with E-state index in [2.05, 4.69) is 20.4 Å². The molecule has 1 aromatic rings. The lowest BCUT2D eigenvalue weighted by molar-refractivity contribution is 0.0951. The van der Waals surface area contributed by atoms with Crippen LogP contribution in [-0.4, -0.2) is 58.4 Å². The third-order valence-electron chi connectivity index (χ3n) is 3.71. The first-order chi connectivity index (χ1) is 9.81. The van der Waals surface area contributed by atoms with Gasteiger partial charge in [-0.15, -0.1) is 0 Å². The van der Waals surface area contributed by atoms with Crippen LogP contribution in [0.4, 0.5) is 0 Å². The van der Waals surface area contributed by atoms with Crippen molar-refractivity contribution in [1.29, 1.82) is 0 Å². The van der Waals surface area contributed by atoms with Crippen LogP contribution in [0.2, 0.25) is 0 Å². The molecule has 6 nitrogen and oxygen atoms in total. The fourth-order valence-electron chi connectivity index (χ4n) is 2.57. The maximum absolute atomic E-state index is 11.7. The summed E-state index contributed by atoms with van der Waals surface area (Å²) < 4.78 is 0. The van der Waals surface area contributed by atoms with E-state index in [1.165, 1.54) is 18.8 Å². The highest BCUT2D eigenvalue weighted by Crippen LogP contribution is 2.16. The lowest BCUT2D eigenvalue weighted by Gasteiger charge is -2.22. The van der Waals surface area contributed by atoms with Crippen LogP contribution in [0.15, 0.2) is 18.5 Å². The Morgan fingerprint density at radius 3 is 3.10 bits per heavy atom. The van der Waals surface area contributed by atoms with E-state index < -0.39 is 0 Å². The van der Waals surface area contributed by atoms with Crippen molar-refractivity contribution in [2.75, 3.05) is 26.2 Å². The van der Waals surface area contributed by atoms with Gasteiger partial charge >= 0.3 is 0 Å². The number of amides is 1. The number of hydrogen-bond acceptors (Lipinski definition) is 5. The minimum Gasteiger partial charge on any atom is -0.395 e. The fourth-order valence-corrected chi connectivity index (χ4v) is 2.57. The first-order valence-electron chi connectivity index (χ1n) is 7.21. The predicted octanol–water partition coefficient (Wildman–Crippen LogP) is 0.443. The summed E-state index contributed by atoms with van der Waals surface area (Å²) in [7, 11) is 0. The van der Waals surface area contributed by atoms with Gasteiger partial charge in [-0.3, -0.25) is 9.69 Å². The normalized spacial score (nSPS) is 19.1. The third kappa shape index (κ3) is 4.25. The number of nitrogens with zero attached hydrogens (tertiary/aromatic N) is 3. The van der Waals surface area contributed by atoms with Crippen molar-refractivity contribution < 1.29 is 9.90 Å². The minimum atomic E-state index is -0.102. The summed E-state index contributed by atoms with van der Waals surface area (Å²) in [5.74, 6) is -0.102. The fraction of sp³-hybridized carbons (Fsp3) is 0.643. The average molecular weight is 278 g/mol. The standard InChI is InChI=1S/C14H22N4O2/c19-11-13-4-3-9-18(13)8-2-1-6-15-14(20)12-5-7-16-17-10-12/h5,7,10,13,19H,1-4,6,8-9,11H2,(H,15,20). The van der Waals surface area contributed by atoms with Crippen LogP contribution >= 0.6 is 0 Å². The lowest BCUT2D eigenvalue weighted by Crippen LogP contribution is -2.33. The van der Waals surface area contributed by atoms with Gasteiger partial charge < -0.3 is 10.4 Å². The smallest absolute Gasteiger partial charge is 0.252 e. The summed E-state index contributed by atoms with van der Waals surface area (Å²) in [5.41, 5.74) is 0.542. The highest BCUT2D eigenvalue weighted by molar-refractivity contribution is 5.93. The van der Waals surface area contributed by atoms with Crippen LogP contribution in [0.1, 0.15) is 36.0 Å². The minimum absolute atomic E-state index is 0.102. The third-order valence-corrected chi connectivity index (χ3v) is 3.71. The summed E-state index contributed by atoms with van der Waals surface area (Å²) >= 11 is 0. The molecular formula is C14H22N4O2. The van der Waals surface area contributed by atoms with Crippen molar-refractivity contribution >= 4 is 5.91 Å². The van der Waals surface area contributed by atoms with Gasteiger partial charge in [-0.2, -0.15) is 10.2 Å². The first-order valence-corrected chi connectivity index (χ1v) is 7.21. The first kappa shape index (κ1) is 14.9. The summed E-state index contributed by atoms with van der Waals surface area (Å²) in [6.07, 6.45) is 7.23. The Morgan fingerprint density at radius 2 is 2.35 bits per heavy atom. The Bertz CT molecular complexity index is 413. The number of aliphatic hydroxyl groups is 1.